The second-order valence-electron chi connectivity index (χ2n) is 5.12. The second kappa shape index (κ2) is 6.18. The summed E-state index contributed by atoms with van der Waals surface area (Å²) in [6, 6.07) is 5.75. The molecule has 2 rings (SSSR count). The molecule has 0 aromatic carbocycles. The molecule has 2 aromatic heterocycles. The topological polar surface area (TPSA) is 80.6 Å². The Morgan fingerprint density at radius 1 is 1.37 bits per heavy atom. The van der Waals surface area contributed by atoms with Gasteiger partial charge in [-0.3, -0.25) is 4.40 Å². The Morgan fingerprint density at radius 3 is 2.79 bits per heavy atom. The summed E-state index contributed by atoms with van der Waals surface area (Å²) in [7, 11) is 0. The van der Waals surface area contributed by atoms with Gasteiger partial charge in [0.1, 0.15) is 6.54 Å². The molecule has 0 spiro atoms. The summed E-state index contributed by atoms with van der Waals surface area (Å²) in [4.78, 5) is 4.26. The average molecular weight is 374 g/mol. The van der Waals surface area contributed by atoms with Gasteiger partial charge in [0.25, 0.3) is 0 Å². The number of nitrogens with one attached hydrogen (secondary N) is 1. The third-order valence-corrected chi connectivity index (χ3v) is 2.28. The minimum absolute atomic E-state index is 0. The summed E-state index contributed by atoms with van der Waals surface area (Å²) in [5.41, 5.74) is 6.52. The van der Waals surface area contributed by atoms with Gasteiger partial charge in [0.05, 0.1) is 0 Å². The van der Waals surface area contributed by atoms with Crippen molar-refractivity contribution in [2.24, 2.45) is 10.7 Å². The maximum absolute atomic E-state index is 5.80. The lowest BCUT2D eigenvalue weighted by atomic mass is 10.1. The summed E-state index contributed by atoms with van der Waals surface area (Å²) in [6.45, 7) is 6.49. The van der Waals surface area contributed by atoms with Crippen LogP contribution in [0.15, 0.2) is 29.4 Å². The largest absolute Gasteiger partial charge is 0.370 e. The molecule has 0 amide bonds. The predicted molar refractivity (Wildman–Crippen MR) is 86.6 cm³/mol. The lowest BCUT2D eigenvalue weighted by Gasteiger charge is -2.20. The van der Waals surface area contributed by atoms with Gasteiger partial charge in [-0.2, -0.15) is 0 Å². The SMILES string of the molecule is CC(C)(C)NC(N)=NCc1nnc2ccccn12.I. The van der Waals surface area contributed by atoms with E-state index in [0.29, 0.717) is 12.5 Å². The molecule has 19 heavy (non-hydrogen) atoms. The zero-order valence-electron chi connectivity index (χ0n) is 11.3. The first-order valence-electron chi connectivity index (χ1n) is 5.82. The molecule has 0 fully saturated rings. The summed E-state index contributed by atoms with van der Waals surface area (Å²) in [6.07, 6.45) is 1.91. The molecular formula is C12H19IN6. The van der Waals surface area contributed by atoms with Crippen LogP contribution < -0.4 is 11.1 Å². The highest BCUT2D eigenvalue weighted by Crippen LogP contribution is 2.04. The lowest BCUT2D eigenvalue weighted by molar-refractivity contribution is 0.508. The first-order chi connectivity index (χ1) is 8.46. The minimum Gasteiger partial charge on any atom is -0.370 e. The molecule has 104 valence electrons. The maximum Gasteiger partial charge on any atom is 0.189 e. The molecule has 0 atom stereocenters. The van der Waals surface area contributed by atoms with E-state index < -0.39 is 0 Å². The quantitative estimate of drug-likeness (QED) is 0.475. The van der Waals surface area contributed by atoms with E-state index in [1.165, 1.54) is 0 Å². The Bertz CT molecular complexity index is 569. The number of nitrogens with two attached hydrogens (primary N) is 1. The van der Waals surface area contributed by atoms with Crippen LogP contribution in [0.4, 0.5) is 0 Å². The van der Waals surface area contributed by atoms with Crippen molar-refractivity contribution in [1.82, 2.24) is 19.9 Å². The lowest BCUT2D eigenvalue weighted by Crippen LogP contribution is -2.45. The zero-order valence-corrected chi connectivity index (χ0v) is 13.6. The van der Waals surface area contributed by atoms with Gasteiger partial charge >= 0.3 is 0 Å². The highest BCUT2D eigenvalue weighted by atomic mass is 127. The van der Waals surface area contributed by atoms with Crippen LogP contribution in [0.5, 0.6) is 0 Å². The number of hydrogen-bond acceptors (Lipinski definition) is 3. The molecule has 0 aliphatic carbocycles. The Hall–Kier alpha value is -1.38. The molecule has 0 unspecified atom stereocenters. The van der Waals surface area contributed by atoms with Gasteiger partial charge < -0.3 is 11.1 Å². The molecule has 0 aliphatic heterocycles. The fourth-order valence-corrected chi connectivity index (χ4v) is 1.58. The van der Waals surface area contributed by atoms with Crippen LogP contribution in [-0.4, -0.2) is 26.1 Å². The second-order valence-corrected chi connectivity index (χ2v) is 5.12. The Balaban J connectivity index is 0.00000180. The molecule has 3 N–H and O–H groups in total. The van der Waals surface area contributed by atoms with Crippen molar-refractivity contribution in [3.8, 4) is 0 Å². The number of aliphatic imine (C=N–C) groups is 1. The fourth-order valence-electron chi connectivity index (χ4n) is 1.58. The first-order valence-corrected chi connectivity index (χ1v) is 5.82. The van der Waals surface area contributed by atoms with Gasteiger partial charge in [-0.25, -0.2) is 4.99 Å². The molecule has 0 saturated heterocycles. The van der Waals surface area contributed by atoms with E-state index in [-0.39, 0.29) is 29.5 Å². The van der Waals surface area contributed by atoms with Gasteiger partial charge in [-0.15, -0.1) is 34.2 Å². The Kier molecular flexibility index (Phi) is 5.10. The summed E-state index contributed by atoms with van der Waals surface area (Å²) < 4.78 is 1.90. The van der Waals surface area contributed by atoms with E-state index in [1.807, 2.05) is 49.6 Å². The smallest absolute Gasteiger partial charge is 0.189 e. The number of aromatic nitrogens is 3. The van der Waals surface area contributed by atoms with Crippen molar-refractivity contribution < 1.29 is 0 Å². The van der Waals surface area contributed by atoms with Gasteiger partial charge in [-0.05, 0) is 32.9 Å². The first kappa shape index (κ1) is 15.7. The van der Waals surface area contributed by atoms with Gasteiger partial charge in [0, 0.05) is 11.7 Å². The molecule has 0 bridgehead atoms. The average Bonchev–Trinajstić information content (AvgIpc) is 2.67. The van der Waals surface area contributed by atoms with Crippen LogP contribution >= 0.6 is 24.0 Å². The normalized spacial score (nSPS) is 12.3. The van der Waals surface area contributed by atoms with E-state index in [2.05, 4.69) is 20.5 Å². The van der Waals surface area contributed by atoms with Crippen molar-refractivity contribution in [2.45, 2.75) is 32.9 Å². The van der Waals surface area contributed by atoms with Crippen molar-refractivity contribution in [2.75, 3.05) is 0 Å². The number of nitrogens with zero attached hydrogens (tertiary/aromatic N) is 4. The van der Waals surface area contributed by atoms with Gasteiger partial charge in [-0.1, -0.05) is 6.07 Å². The third-order valence-electron chi connectivity index (χ3n) is 2.28. The number of fused-ring (bicyclic) bond motifs is 1. The third kappa shape index (κ3) is 4.34. The highest BCUT2D eigenvalue weighted by molar-refractivity contribution is 14.0. The molecule has 6 nitrogen and oxygen atoms in total. The van der Waals surface area contributed by atoms with Crippen LogP contribution in [0.2, 0.25) is 0 Å². The van der Waals surface area contributed by atoms with Crippen LogP contribution in [0, 0.1) is 0 Å². The van der Waals surface area contributed by atoms with E-state index >= 15 is 0 Å². The number of hydrogen-bond donors (Lipinski definition) is 2. The van der Waals surface area contributed by atoms with Crippen molar-refractivity contribution in [3.63, 3.8) is 0 Å². The summed E-state index contributed by atoms with van der Waals surface area (Å²) >= 11 is 0. The molecule has 0 saturated carbocycles. The monoisotopic (exact) mass is 374 g/mol. The van der Waals surface area contributed by atoms with Crippen molar-refractivity contribution in [1.29, 1.82) is 0 Å². The summed E-state index contributed by atoms with van der Waals surface area (Å²) in [5.74, 6) is 1.18. The molecule has 2 heterocycles. The van der Waals surface area contributed by atoms with Crippen LogP contribution in [0.3, 0.4) is 0 Å². The molecular weight excluding hydrogens is 355 g/mol. The number of halogens is 1. The van der Waals surface area contributed by atoms with E-state index in [0.717, 1.165) is 11.5 Å². The number of rotatable bonds is 2. The Morgan fingerprint density at radius 2 is 2.11 bits per heavy atom. The Labute approximate surface area is 129 Å². The van der Waals surface area contributed by atoms with Crippen LogP contribution in [0.25, 0.3) is 5.65 Å². The molecule has 7 heteroatoms. The number of guanidine groups is 1. The molecule has 0 aliphatic rings. The fraction of sp³-hybridized carbons (Fsp3) is 0.417. The van der Waals surface area contributed by atoms with E-state index in [1.54, 1.807) is 0 Å². The predicted octanol–water partition coefficient (Wildman–Crippen LogP) is 1.55. The van der Waals surface area contributed by atoms with E-state index in [9.17, 15) is 0 Å². The van der Waals surface area contributed by atoms with Gasteiger partial charge in [0.15, 0.2) is 17.4 Å². The standard InChI is InChI=1S/C12H18N6.HI/c1-12(2,3)15-11(13)14-8-10-17-16-9-6-4-5-7-18(9)10;/h4-7H,8H2,1-3H3,(H3,13,14,15);1H. The zero-order chi connectivity index (χ0) is 13.2. The van der Waals surface area contributed by atoms with Crippen LogP contribution in [0.1, 0.15) is 26.6 Å². The number of pyridine rings is 1. The minimum atomic E-state index is -0.0967. The molecule has 0 radical (unpaired) electrons. The van der Waals surface area contributed by atoms with Gasteiger partial charge in [0.2, 0.25) is 0 Å². The maximum atomic E-state index is 5.80. The highest BCUT2D eigenvalue weighted by Gasteiger charge is 2.10. The van der Waals surface area contributed by atoms with Crippen molar-refractivity contribution in [3.05, 3.63) is 30.2 Å². The summed E-state index contributed by atoms with van der Waals surface area (Å²) in [5, 5.41) is 11.2. The van der Waals surface area contributed by atoms with Crippen LogP contribution in [-0.2, 0) is 6.54 Å². The van der Waals surface area contributed by atoms with Crippen molar-refractivity contribution >= 4 is 35.6 Å². The molecule has 2 aromatic rings. The van der Waals surface area contributed by atoms with E-state index in [4.69, 9.17) is 5.73 Å².